The first-order valence-corrected chi connectivity index (χ1v) is 7.79. The van der Waals surface area contributed by atoms with Gasteiger partial charge in [0.1, 0.15) is 12.0 Å². The van der Waals surface area contributed by atoms with Gasteiger partial charge in [0, 0.05) is 12.1 Å². The van der Waals surface area contributed by atoms with Crippen molar-refractivity contribution in [1.29, 1.82) is 0 Å². The van der Waals surface area contributed by atoms with E-state index in [1.54, 1.807) is 6.07 Å². The van der Waals surface area contributed by atoms with Crippen molar-refractivity contribution < 1.29 is 14.3 Å². The van der Waals surface area contributed by atoms with Crippen LogP contribution in [0.25, 0.3) is 0 Å². The van der Waals surface area contributed by atoms with Crippen LogP contribution in [0.4, 0.5) is 10.1 Å². The number of carbonyl (C=O) groups is 1. The molecule has 0 aliphatic carbocycles. The van der Waals surface area contributed by atoms with Gasteiger partial charge >= 0.3 is 0 Å². The molecule has 1 aliphatic rings. The second-order valence-electron chi connectivity index (χ2n) is 5.49. The molecule has 114 valence electrons. The summed E-state index contributed by atoms with van der Waals surface area (Å²) in [7, 11) is 0. The number of nitrogens with zero attached hydrogens (tertiary/aromatic N) is 1. The Balaban J connectivity index is 1.94. The maximum absolute atomic E-state index is 13.7. The molecular weight excluding hydrogens is 349 g/mol. The van der Waals surface area contributed by atoms with Gasteiger partial charge in [-0.25, -0.2) is 4.39 Å². The summed E-state index contributed by atoms with van der Waals surface area (Å²) >= 11 is 3.08. The largest absolute Gasteiger partial charge is 0.373 e. The van der Waals surface area contributed by atoms with Crippen LogP contribution in [0, 0.1) is 12.7 Å². The van der Waals surface area contributed by atoms with Crippen LogP contribution in [0.1, 0.15) is 23.5 Å². The first-order valence-electron chi connectivity index (χ1n) is 7.00. The van der Waals surface area contributed by atoms with E-state index in [1.807, 2.05) is 31.2 Å². The molecule has 1 amide bonds. The van der Waals surface area contributed by atoms with Crippen molar-refractivity contribution in [2.24, 2.45) is 0 Å². The van der Waals surface area contributed by atoms with Gasteiger partial charge in [-0.15, -0.1) is 0 Å². The number of aliphatic hydroxyl groups excluding tert-OH is 1. The van der Waals surface area contributed by atoms with E-state index in [2.05, 4.69) is 15.9 Å². The quantitative estimate of drug-likeness (QED) is 0.882. The Labute approximate surface area is 136 Å². The van der Waals surface area contributed by atoms with E-state index in [0.717, 1.165) is 11.1 Å². The van der Waals surface area contributed by atoms with Crippen LogP contribution in [0.2, 0.25) is 0 Å². The summed E-state index contributed by atoms with van der Waals surface area (Å²) in [5, 5.41) is 10.2. The predicted molar refractivity (Wildman–Crippen MR) is 86.1 cm³/mol. The molecular formula is C17H15BrFNO2. The summed E-state index contributed by atoms with van der Waals surface area (Å²) in [5.41, 5.74) is 2.31. The number of anilines is 1. The van der Waals surface area contributed by atoms with Crippen LogP contribution in [-0.2, 0) is 4.79 Å². The third-order valence-corrected chi connectivity index (χ3v) is 4.55. The molecule has 5 heteroatoms. The van der Waals surface area contributed by atoms with Gasteiger partial charge in [0.25, 0.3) is 0 Å². The van der Waals surface area contributed by atoms with E-state index in [9.17, 15) is 14.3 Å². The lowest BCUT2D eigenvalue weighted by Gasteiger charge is -2.21. The van der Waals surface area contributed by atoms with Gasteiger partial charge in [-0.1, -0.05) is 29.8 Å². The zero-order valence-electron chi connectivity index (χ0n) is 12.0. The van der Waals surface area contributed by atoms with Crippen LogP contribution in [0.15, 0.2) is 46.9 Å². The SMILES string of the molecule is Cc1cccc(C2CC(O)N(c3ccc(Br)c(F)c3)C2=O)c1. The molecule has 22 heavy (non-hydrogen) atoms. The molecule has 0 spiro atoms. The summed E-state index contributed by atoms with van der Waals surface area (Å²) in [4.78, 5) is 13.9. The molecule has 2 atom stereocenters. The number of amides is 1. The van der Waals surface area contributed by atoms with Crippen LogP contribution in [0.5, 0.6) is 0 Å². The molecule has 2 aromatic rings. The molecule has 1 N–H and O–H groups in total. The summed E-state index contributed by atoms with van der Waals surface area (Å²) in [6, 6.07) is 12.1. The minimum Gasteiger partial charge on any atom is -0.373 e. The van der Waals surface area contributed by atoms with Gasteiger partial charge in [-0.2, -0.15) is 0 Å². The highest BCUT2D eigenvalue weighted by molar-refractivity contribution is 9.10. The molecule has 3 rings (SSSR count). The van der Waals surface area contributed by atoms with Crippen LogP contribution < -0.4 is 4.90 Å². The third-order valence-electron chi connectivity index (χ3n) is 3.91. The Hall–Kier alpha value is -1.72. The number of aryl methyl sites for hydroxylation is 1. The number of halogens is 2. The topological polar surface area (TPSA) is 40.5 Å². The van der Waals surface area contributed by atoms with Crippen molar-refractivity contribution in [1.82, 2.24) is 0 Å². The van der Waals surface area contributed by atoms with E-state index in [-0.39, 0.29) is 5.91 Å². The lowest BCUT2D eigenvalue weighted by atomic mass is 9.96. The number of aliphatic hydroxyl groups is 1. The average molecular weight is 364 g/mol. The minimum atomic E-state index is -0.946. The molecule has 1 heterocycles. The van der Waals surface area contributed by atoms with Crippen molar-refractivity contribution in [3.8, 4) is 0 Å². The fourth-order valence-electron chi connectivity index (χ4n) is 2.83. The van der Waals surface area contributed by atoms with Gasteiger partial charge in [-0.05, 0) is 46.6 Å². The molecule has 0 bridgehead atoms. The van der Waals surface area contributed by atoms with Crippen molar-refractivity contribution in [3.05, 3.63) is 63.9 Å². The maximum Gasteiger partial charge on any atom is 0.236 e. The van der Waals surface area contributed by atoms with Gasteiger partial charge in [0.15, 0.2) is 0 Å². The van der Waals surface area contributed by atoms with Gasteiger partial charge in [-0.3, -0.25) is 9.69 Å². The monoisotopic (exact) mass is 363 g/mol. The fourth-order valence-corrected chi connectivity index (χ4v) is 3.08. The first-order chi connectivity index (χ1) is 10.5. The highest BCUT2D eigenvalue weighted by Crippen LogP contribution is 2.36. The summed E-state index contributed by atoms with van der Waals surface area (Å²) < 4.78 is 14.0. The van der Waals surface area contributed by atoms with Gasteiger partial charge in [0.05, 0.1) is 10.4 Å². The van der Waals surface area contributed by atoms with Crippen molar-refractivity contribution in [2.75, 3.05) is 4.90 Å². The molecule has 0 radical (unpaired) electrons. The van der Waals surface area contributed by atoms with Crippen LogP contribution >= 0.6 is 15.9 Å². The molecule has 1 aliphatic heterocycles. The Morgan fingerprint density at radius 3 is 2.73 bits per heavy atom. The standard InChI is InChI=1S/C17H15BrFNO2/c1-10-3-2-4-11(7-10)13-9-16(21)20(17(13)22)12-5-6-14(18)15(19)8-12/h2-8,13,16,21H,9H2,1H3. The number of carbonyl (C=O) groups excluding carboxylic acids is 1. The smallest absolute Gasteiger partial charge is 0.236 e. The van der Waals surface area contributed by atoms with Gasteiger partial charge < -0.3 is 5.11 Å². The summed E-state index contributed by atoms with van der Waals surface area (Å²) in [5.74, 6) is -1.07. The first kappa shape index (κ1) is 15.2. The van der Waals surface area contributed by atoms with Crippen molar-refractivity contribution in [3.63, 3.8) is 0 Å². The van der Waals surface area contributed by atoms with Crippen molar-refractivity contribution >= 4 is 27.5 Å². The van der Waals surface area contributed by atoms with E-state index < -0.39 is 18.0 Å². The lowest BCUT2D eigenvalue weighted by molar-refractivity contribution is -0.118. The van der Waals surface area contributed by atoms with E-state index in [4.69, 9.17) is 0 Å². The summed E-state index contributed by atoms with van der Waals surface area (Å²) in [6.45, 7) is 1.96. The predicted octanol–water partition coefficient (Wildman–Crippen LogP) is 3.74. The lowest BCUT2D eigenvalue weighted by Crippen LogP contribution is -2.33. The van der Waals surface area contributed by atoms with Crippen molar-refractivity contribution in [2.45, 2.75) is 25.5 Å². The second kappa shape index (κ2) is 5.82. The van der Waals surface area contributed by atoms with Gasteiger partial charge in [0.2, 0.25) is 5.91 Å². The number of hydrogen-bond donors (Lipinski definition) is 1. The second-order valence-corrected chi connectivity index (χ2v) is 6.34. The molecule has 2 unspecified atom stereocenters. The minimum absolute atomic E-state index is 0.208. The zero-order chi connectivity index (χ0) is 15.9. The number of hydrogen-bond acceptors (Lipinski definition) is 2. The number of rotatable bonds is 2. The Kier molecular flexibility index (Phi) is 4.02. The Morgan fingerprint density at radius 1 is 1.27 bits per heavy atom. The van der Waals surface area contributed by atoms with Crippen LogP contribution in [-0.4, -0.2) is 17.2 Å². The summed E-state index contributed by atoms with van der Waals surface area (Å²) in [6.07, 6.45) is -0.640. The molecule has 3 nitrogen and oxygen atoms in total. The zero-order valence-corrected chi connectivity index (χ0v) is 13.5. The Morgan fingerprint density at radius 2 is 2.05 bits per heavy atom. The molecule has 1 saturated heterocycles. The highest BCUT2D eigenvalue weighted by atomic mass is 79.9. The highest BCUT2D eigenvalue weighted by Gasteiger charge is 2.40. The molecule has 2 aromatic carbocycles. The average Bonchev–Trinajstić information content (AvgIpc) is 2.77. The maximum atomic E-state index is 13.7. The molecule has 1 fully saturated rings. The van der Waals surface area contributed by atoms with E-state index in [1.165, 1.54) is 17.0 Å². The number of benzene rings is 2. The third kappa shape index (κ3) is 2.66. The molecule has 0 saturated carbocycles. The molecule has 0 aromatic heterocycles. The van der Waals surface area contributed by atoms with E-state index in [0.29, 0.717) is 16.6 Å². The fraction of sp³-hybridized carbons (Fsp3) is 0.235. The van der Waals surface area contributed by atoms with E-state index >= 15 is 0 Å². The van der Waals surface area contributed by atoms with Crippen LogP contribution in [0.3, 0.4) is 0 Å². The Bertz CT molecular complexity index is 734. The normalized spacial score (nSPS) is 21.5.